The van der Waals surface area contributed by atoms with E-state index in [1.807, 2.05) is 6.07 Å². The zero-order chi connectivity index (χ0) is 16.0. The molecule has 0 saturated heterocycles. The molecule has 0 unspecified atom stereocenters. The van der Waals surface area contributed by atoms with Crippen LogP contribution in [0.4, 0.5) is 5.69 Å². The number of nitrogens with zero attached hydrogens (tertiary/aromatic N) is 2. The zero-order valence-electron chi connectivity index (χ0n) is 11.5. The van der Waals surface area contributed by atoms with Crippen LogP contribution in [0, 0.1) is 11.3 Å². The predicted octanol–water partition coefficient (Wildman–Crippen LogP) is 1.47. The predicted molar refractivity (Wildman–Crippen MR) is 80.7 cm³/mol. The molecule has 0 aliphatic heterocycles. The maximum absolute atomic E-state index is 12.1. The minimum atomic E-state index is -3.86. The van der Waals surface area contributed by atoms with E-state index in [1.165, 1.54) is 26.3 Å². The second kappa shape index (κ2) is 7.40. The first kappa shape index (κ1) is 17.4. The number of halogens is 1. The molecule has 21 heavy (non-hydrogen) atoms. The van der Waals surface area contributed by atoms with Crippen molar-refractivity contribution in [3.63, 3.8) is 0 Å². The number of methoxy groups -OCH3 is 1. The summed E-state index contributed by atoms with van der Waals surface area (Å²) in [6, 6.07) is 6.53. The maximum Gasteiger partial charge on any atom is 0.306 e. The Morgan fingerprint density at radius 3 is 2.76 bits per heavy atom. The average Bonchev–Trinajstić information content (AvgIpc) is 2.44. The first-order valence-corrected chi connectivity index (χ1v) is 8.04. The normalized spacial score (nSPS) is 11.0. The molecule has 0 radical (unpaired) electrons. The molecule has 0 aliphatic rings. The van der Waals surface area contributed by atoms with E-state index >= 15 is 0 Å². The molecule has 0 aliphatic carbocycles. The number of benzene rings is 1. The maximum atomic E-state index is 12.1. The molecular formula is C12H14BrN3O4S. The van der Waals surface area contributed by atoms with E-state index in [2.05, 4.69) is 25.4 Å². The second-order valence-electron chi connectivity index (χ2n) is 4.06. The van der Waals surface area contributed by atoms with Gasteiger partial charge in [0.1, 0.15) is 6.07 Å². The van der Waals surface area contributed by atoms with Crippen molar-refractivity contribution < 1.29 is 17.9 Å². The summed E-state index contributed by atoms with van der Waals surface area (Å²) in [5.41, 5.74) is 0.361. The Labute approximate surface area is 131 Å². The van der Waals surface area contributed by atoms with E-state index in [1.54, 1.807) is 6.07 Å². The van der Waals surface area contributed by atoms with Gasteiger partial charge in [0, 0.05) is 18.1 Å². The largest absolute Gasteiger partial charge is 0.469 e. The quantitative estimate of drug-likeness (QED) is 0.758. The number of hydrogen-bond acceptors (Lipinski definition) is 5. The van der Waals surface area contributed by atoms with E-state index in [4.69, 9.17) is 5.26 Å². The molecule has 0 heterocycles. The van der Waals surface area contributed by atoms with Crippen molar-refractivity contribution in [1.82, 2.24) is 4.31 Å². The van der Waals surface area contributed by atoms with Crippen LogP contribution in [0.2, 0.25) is 0 Å². The third-order valence-electron chi connectivity index (χ3n) is 2.61. The molecular weight excluding hydrogens is 362 g/mol. The smallest absolute Gasteiger partial charge is 0.306 e. The highest BCUT2D eigenvalue weighted by atomic mass is 79.9. The van der Waals surface area contributed by atoms with E-state index in [0.29, 0.717) is 4.47 Å². The molecule has 1 aromatic rings. The van der Waals surface area contributed by atoms with E-state index in [-0.39, 0.29) is 24.2 Å². The van der Waals surface area contributed by atoms with Crippen LogP contribution in [-0.2, 0) is 19.7 Å². The number of nitriles is 1. The Balaban J connectivity index is 2.88. The van der Waals surface area contributed by atoms with Gasteiger partial charge in [0.05, 0.1) is 24.8 Å². The van der Waals surface area contributed by atoms with Crippen LogP contribution in [0.25, 0.3) is 0 Å². The summed E-state index contributed by atoms with van der Waals surface area (Å²) in [6.45, 7) is -0.0299. The van der Waals surface area contributed by atoms with Gasteiger partial charge in [-0.2, -0.15) is 18.0 Å². The zero-order valence-corrected chi connectivity index (χ0v) is 13.9. The lowest BCUT2D eigenvalue weighted by Gasteiger charge is -2.18. The van der Waals surface area contributed by atoms with Crippen LogP contribution in [-0.4, -0.2) is 39.4 Å². The Hall–Kier alpha value is -1.63. The number of nitrogens with one attached hydrogen (secondary N) is 1. The fraction of sp³-hybridized carbons (Fsp3) is 0.333. The SMILES string of the molecule is COC(=O)CCN(C)S(=O)(=O)Nc1cc(Br)ccc1C#N. The summed E-state index contributed by atoms with van der Waals surface area (Å²) in [5, 5.41) is 8.98. The molecule has 1 aromatic carbocycles. The number of esters is 1. The standard InChI is InChI=1S/C12H14BrN3O4S/c1-16(6-5-12(17)20-2)21(18,19)15-11-7-10(13)4-3-9(11)8-14/h3-4,7,15H,5-6H2,1-2H3. The lowest BCUT2D eigenvalue weighted by molar-refractivity contribution is -0.140. The fourth-order valence-corrected chi connectivity index (χ4v) is 2.68. The number of hydrogen-bond donors (Lipinski definition) is 1. The van der Waals surface area contributed by atoms with Crippen LogP contribution in [0.3, 0.4) is 0 Å². The molecule has 0 fully saturated rings. The summed E-state index contributed by atoms with van der Waals surface area (Å²) >= 11 is 3.21. The van der Waals surface area contributed by atoms with Gasteiger partial charge in [-0.05, 0) is 18.2 Å². The molecule has 0 atom stereocenters. The van der Waals surface area contributed by atoms with Crippen LogP contribution in [0.15, 0.2) is 22.7 Å². The Morgan fingerprint density at radius 2 is 2.19 bits per heavy atom. The van der Waals surface area contributed by atoms with Crippen molar-refractivity contribution in [3.05, 3.63) is 28.2 Å². The topological polar surface area (TPSA) is 99.5 Å². The van der Waals surface area contributed by atoms with Crippen LogP contribution in [0.5, 0.6) is 0 Å². The molecule has 0 aromatic heterocycles. The Bertz CT molecular complexity index is 670. The van der Waals surface area contributed by atoms with Gasteiger partial charge in [0.2, 0.25) is 0 Å². The van der Waals surface area contributed by atoms with Gasteiger partial charge in [-0.3, -0.25) is 9.52 Å². The van der Waals surface area contributed by atoms with Gasteiger partial charge < -0.3 is 4.74 Å². The summed E-state index contributed by atoms with van der Waals surface area (Å²) in [7, 11) is -1.30. The number of rotatable bonds is 6. The molecule has 0 bridgehead atoms. The first-order valence-electron chi connectivity index (χ1n) is 5.80. The summed E-state index contributed by atoms with van der Waals surface area (Å²) in [6.07, 6.45) is -0.0580. The molecule has 0 spiro atoms. The van der Waals surface area contributed by atoms with Crippen molar-refractivity contribution >= 4 is 37.8 Å². The molecule has 0 saturated carbocycles. The highest BCUT2D eigenvalue weighted by molar-refractivity contribution is 9.10. The van der Waals surface area contributed by atoms with Gasteiger partial charge in [0.25, 0.3) is 0 Å². The first-order chi connectivity index (χ1) is 9.80. The monoisotopic (exact) mass is 375 g/mol. The summed E-state index contributed by atoms with van der Waals surface area (Å²) in [4.78, 5) is 11.0. The van der Waals surface area contributed by atoms with Gasteiger partial charge >= 0.3 is 16.2 Å². The molecule has 1 rings (SSSR count). The second-order valence-corrected chi connectivity index (χ2v) is 6.75. The minimum Gasteiger partial charge on any atom is -0.469 e. The molecule has 9 heteroatoms. The third-order valence-corrected chi connectivity index (χ3v) is 4.58. The average molecular weight is 376 g/mol. The number of anilines is 1. The minimum absolute atomic E-state index is 0.0299. The summed E-state index contributed by atoms with van der Waals surface area (Å²) < 4.78 is 32.6. The Morgan fingerprint density at radius 1 is 1.52 bits per heavy atom. The van der Waals surface area contributed by atoms with E-state index < -0.39 is 16.2 Å². The van der Waals surface area contributed by atoms with Crippen LogP contribution >= 0.6 is 15.9 Å². The van der Waals surface area contributed by atoms with Crippen molar-refractivity contribution in [2.24, 2.45) is 0 Å². The number of carbonyl (C=O) groups excluding carboxylic acids is 1. The van der Waals surface area contributed by atoms with Gasteiger partial charge in [-0.1, -0.05) is 15.9 Å². The van der Waals surface area contributed by atoms with E-state index in [0.717, 1.165) is 4.31 Å². The van der Waals surface area contributed by atoms with Crippen LogP contribution in [0.1, 0.15) is 12.0 Å². The fourth-order valence-electron chi connectivity index (χ4n) is 1.39. The molecule has 0 amide bonds. The Kier molecular flexibility index (Phi) is 6.14. The lowest BCUT2D eigenvalue weighted by Crippen LogP contribution is -2.34. The third kappa shape index (κ3) is 5.00. The van der Waals surface area contributed by atoms with Crippen molar-refractivity contribution in [3.8, 4) is 6.07 Å². The molecule has 7 nitrogen and oxygen atoms in total. The van der Waals surface area contributed by atoms with Crippen molar-refractivity contribution in [1.29, 1.82) is 5.26 Å². The van der Waals surface area contributed by atoms with Gasteiger partial charge in [-0.15, -0.1) is 0 Å². The highest BCUT2D eigenvalue weighted by Crippen LogP contribution is 2.22. The lowest BCUT2D eigenvalue weighted by atomic mass is 10.2. The number of ether oxygens (including phenoxy) is 1. The van der Waals surface area contributed by atoms with Crippen molar-refractivity contribution in [2.45, 2.75) is 6.42 Å². The molecule has 114 valence electrons. The number of carbonyl (C=O) groups is 1. The molecule has 1 N–H and O–H groups in total. The van der Waals surface area contributed by atoms with Gasteiger partial charge in [-0.25, -0.2) is 0 Å². The highest BCUT2D eigenvalue weighted by Gasteiger charge is 2.20. The van der Waals surface area contributed by atoms with Gasteiger partial charge in [0.15, 0.2) is 0 Å². The van der Waals surface area contributed by atoms with Crippen molar-refractivity contribution in [2.75, 3.05) is 25.4 Å². The van der Waals surface area contributed by atoms with Crippen LogP contribution < -0.4 is 4.72 Å². The van der Waals surface area contributed by atoms with E-state index in [9.17, 15) is 13.2 Å². The summed E-state index contributed by atoms with van der Waals surface area (Å²) in [5.74, 6) is -0.503.